The molecule has 2 rings (SSSR count). The second-order valence-corrected chi connectivity index (χ2v) is 5.41. The maximum Gasteiger partial charge on any atom is 0.411 e. The first-order chi connectivity index (χ1) is 13.1. The van der Waals surface area contributed by atoms with Gasteiger partial charge in [0.15, 0.2) is 0 Å². The Balaban J connectivity index is 1.93. The van der Waals surface area contributed by atoms with Gasteiger partial charge in [-0.1, -0.05) is 18.7 Å². The Kier molecular flexibility index (Phi) is 7.87. The molecule has 0 unspecified atom stereocenters. The third-order valence-corrected chi connectivity index (χ3v) is 3.37. The van der Waals surface area contributed by atoms with Crippen LogP contribution in [0.1, 0.15) is 10.4 Å². The van der Waals surface area contributed by atoms with Crippen LogP contribution in [0.25, 0.3) is 0 Å². The first-order valence-corrected chi connectivity index (χ1v) is 8.30. The van der Waals surface area contributed by atoms with Gasteiger partial charge in [0, 0.05) is 24.0 Å². The molecule has 2 N–H and O–H groups in total. The summed E-state index contributed by atoms with van der Waals surface area (Å²) in [5, 5.41) is 5.37. The van der Waals surface area contributed by atoms with Gasteiger partial charge in [-0.15, -0.1) is 0 Å². The largest absolute Gasteiger partial charge is 0.490 e. The lowest BCUT2D eigenvalue weighted by molar-refractivity contribution is 0.102. The predicted octanol–water partition coefficient (Wildman–Crippen LogP) is 3.70. The van der Waals surface area contributed by atoms with Gasteiger partial charge in [0.05, 0.1) is 6.61 Å². The molecular formula is C20H22N2O5. The van der Waals surface area contributed by atoms with Gasteiger partial charge in [-0.2, -0.15) is 0 Å². The molecule has 0 aliphatic heterocycles. The Labute approximate surface area is 157 Å². The Hall–Kier alpha value is -3.32. The van der Waals surface area contributed by atoms with Crippen LogP contribution in [0.2, 0.25) is 0 Å². The molecule has 0 atom stereocenters. The summed E-state index contributed by atoms with van der Waals surface area (Å²) in [5.74, 6) is 0.384. The second-order valence-electron chi connectivity index (χ2n) is 5.41. The number of ether oxygens (including phenoxy) is 3. The van der Waals surface area contributed by atoms with E-state index in [9.17, 15) is 9.59 Å². The number of rotatable bonds is 9. The van der Waals surface area contributed by atoms with E-state index in [1.54, 1.807) is 54.6 Å². The highest BCUT2D eigenvalue weighted by molar-refractivity contribution is 6.04. The lowest BCUT2D eigenvalue weighted by Gasteiger charge is -2.10. The van der Waals surface area contributed by atoms with Gasteiger partial charge in [0.1, 0.15) is 19.0 Å². The van der Waals surface area contributed by atoms with Crippen LogP contribution in [-0.2, 0) is 9.47 Å². The number of methoxy groups -OCH3 is 1. The van der Waals surface area contributed by atoms with Crippen LogP contribution < -0.4 is 15.4 Å². The number of amides is 2. The summed E-state index contributed by atoms with van der Waals surface area (Å²) < 4.78 is 15.1. The summed E-state index contributed by atoms with van der Waals surface area (Å²) in [7, 11) is 1.52. The van der Waals surface area contributed by atoms with E-state index in [0.29, 0.717) is 35.9 Å². The Morgan fingerprint density at radius 3 is 2.41 bits per heavy atom. The lowest BCUT2D eigenvalue weighted by atomic mass is 10.2. The number of benzene rings is 2. The highest BCUT2D eigenvalue weighted by Gasteiger charge is 2.08. The molecular weight excluding hydrogens is 348 g/mol. The standard InChI is InChI=1S/C20H22N2O5/c1-3-11-26-18-9-7-15(8-10-18)19(23)21-16-5-4-6-17(14-16)22-20(24)27-13-12-25-2/h3-10,14H,1,11-13H2,2H3,(H,21,23)(H,22,24). The molecule has 0 saturated carbocycles. The van der Waals surface area contributed by atoms with Gasteiger partial charge in [-0.25, -0.2) is 4.79 Å². The smallest absolute Gasteiger partial charge is 0.411 e. The van der Waals surface area contributed by atoms with Crippen molar-refractivity contribution in [3.63, 3.8) is 0 Å². The van der Waals surface area contributed by atoms with Gasteiger partial charge in [-0.05, 0) is 42.5 Å². The zero-order valence-electron chi connectivity index (χ0n) is 15.1. The van der Waals surface area contributed by atoms with Crippen molar-refractivity contribution in [2.75, 3.05) is 37.6 Å². The number of anilines is 2. The average molecular weight is 370 g/mol. The number of carbonyl (C=O) groups is 2. The number of hydrogen-bond donors (Lipinski definition) is 2. The highest BCUT2D eigenvalue weighted by atomic mass is 16.6. The molecule has 2 aromatic carbocycles. The fourth-order valence-corrected chi connectivity index (χ4v) is 2.11. The van der Waals surface area contributed by atoms with Crippen LogP contribution in [0.3, 0.4) is 0 Å². The number of carbonyl (C=O) groups excluding carboxylic acids is 2. The maximum atomic E-state index is 12.4. The van der Waals surface area contributed by atoms with Crippen molar-refractivity contribution in [1.29, 1.82) is 0 Å². The van der Waals surface area contributed by atoms with Crippen molar-refractivity contribution in [3.8, 4) is 5.75 Å². The minimum Gasteiger partial charge on any atom is -0.490 e. The van der Waals surface area contributed by atoms with Crippen molar-refractivity contribution in [1.82, 2.24) is 0 Å². The molecule has 0 heterocycles. The molecule has 0 fully saturated rings. The summed E-state index contributed by atoms with van der Waals surface area (Å²) in [6.45, 7) is 4.46. The normalized spacial score (nSPS) is 9.96. The van der Waals surface area contributed by atoms with E-state index in [-0.39, 0.29) is 12.5 Å². The van der Waals surface area contributed by atoms with Crippen molar-refractivity contribution < 1.29 is 23.8 Å². The molecule has 2 amide bonds. The van der Waals surface area contributed by atoms with Gasteiger partial charge >= 0.3 is 6.09 Å². The predicted molar refractivity (Wildman–Crippen MR) is 103 cm³/mol. The quantitative estimate of drug-likeness (QED) is 0.519. The molecule has 7 nitrogen and oxygen atoms in total. The summed E-state index contributed by atoms with van der Waals surface area (Å²) in [6.07, 6.45) is 1.06. The molecule has 0 aliphatic rings. The van der Waals surface area contributed by atoms with E-state index in [4.69, 9.17) is 14.2 Å². The third kappa shape index (κ3) is 6.83. The number of nitrogens with one attached hydrogen (secondary N) is 2. The van der Waals surface area contributed by atoms with Gasteiger partial charge < -0.3 is 19.5 Å². The fraction of sp³-hybridized carbons (Fsp3) is 0.200. The highest BCUT2D eigenvalue weighted by Crippen LogP contribution is 2.18. The molecule has 27 heavy (non-hydrogen) atoms. The monoisotopic (exact) mass is 370 g/mol. The summed E-state index contributed by atoms with van der Waals surface area (Å²) in [5.41, 5.74) is 1.53. The average Bonchev–Trinajstić information content (AvgIpc) is 2.67. The van der Waals surface area contributed by atoms with Crippen molar-refractivity contribution >= 4 is 23.4 Å². The summed E-state index contributed by atoms with van der Waals surface area (Å²) in [4.78, 5) is 24.0. The van der Waals surface area contributed by atoms with Crippen LogP contribution in [0.5, 0.6) is 5.75 Å². The molecule has 0 saturated heterocycles. The maximum absolute atomic E-state index is 12.4. The summed E-state index contributed by atoms with van der Waals surface area (Å²) in [6, 6.07) is 13.5. The molecule has 142 valence electrons. The van der Waals surface area contributed by atoms with Gasteiger partial charge in [-0.3, -0.25) is 10.1 Å². The van der Waals surface area contributed by atoms with Crippen LogP contribution in [0.4, 0.5) is 16.2 Å². The SMILES string of the molecule is C=CCOc1ccc(C(=O)Nc2cccc(NC(=O)OCCOC)c2)cc1. The molecule has 0 bridgehead atoms. The lowest BCUT2D eigenvalue weighted by Crippen LogP contribution is -2.17. The Morgan fingerprint density at radius 1 is 1.04 bits per heavy atom. The Bertz CT molecular complexity index is 774. The van der Waals surface area contributed by atoms with Crippen molar-refractivity contribution in [2.24, 2.45) is 0 Å². The van der Waals surface area contributed by atoms with Crippen molar-refractivity contribution in [2.45, 2.75) is 0 Å². The first kappa shape index (κ1) is 20.0. The zero-order chi connectivity index (χ0) is 19.5. The van der Waals surface area contributed by atoms with Crippen molar-refractivity contribution in [3.05, 3.63) is 66.7 Å². The van der Waals surface area contributed by atoms with E-state index in [0.717, 1.165) is 0 Å². The van der Waals surface area contributed by atoms with Gasteiger partial charge in [0.2, 0.25) is 0 Å². The second kappa shape index (κ2) is 10.6. The molecule has 7 heteroatoms. The van der Waals surface area contributed by atoms with Crippen LogP contribution in [-0.4, -0.2) is 38.9 Å². The van der Waals surface area contributed by atoms with E-state index >= 15 is 0 Å². The van der Waals surface area contributed by atoms with Gasteiger partial charge in [0.25, 0.3) is 5.91 Å². The van der Waals surface area contributed by atoms with Crippen LogP contribution >= 0.6 is 0 Å². The minimum absolute atomic E-state index is 0.158. The molecule has 0 aliphatic carbocycles. The Morgan fingerprint density at radius 2 is 1.74 bits per heavy atom. The third-order valence-electron chi connectivity index (χ3n) is 3.37. The summed E-state index contributed by atoms with van der Waals surface area (Å²) >= 11 is 0. The molecule has 0 spiro atoms. The van der Waals surface area contributed by atoms with E-state index in [2.05, 4.69) is 17.2 Å². The number of hydrogen-bond acceptors (Lipinski definition) is 5. The topological polar surface area (TPSA) is 85.9 Å². The van der Waals surface area contributed by atoms with E-state index in [1.165, 1.54) is 7.11 Å². The zero-order valence-corrected chi connectivity index (χ0v) is 15.1. The fourth-order valence-electron chi connectivity index (χ4n) is 2.11. The molecule has 2 aromatic rings. The van der Waals surface area contributed by atoms with E-state index < -0.39 is 6.09 Å². The van der Waals surface area contributed by atoms with Crippen LogP contribution in [0, 0.1) is 0 Å². The first-order valence-electron chi connectivity index (χ1n) is 8.30. The molecule has 0 aromatic heterocycles. The molecule has 0 radical (unpaired) electrons. The van der Waals surface area contributed by atoms with E-state index in [1.807, 2.05) is 0 Å². The van der Waals surface area contributed by atoms with Crippen LogP contribution in [0.15, 0.2) is 61.2 Å². The minimum atomic E-state index is -0.592.